The Kier molecular flexibility index (Phi) is 3.28. The van der Waals surface area contributed by atoms with Crippen LogP contribution < -0.4 is 0 Å². The van der Waals surface area contributed by atoms with Crippen molar-refractivity contribution in [1.29, 1.82) is 0 Å². The highest BCUT2D eigenvalue weighted by Gasteiger charge is 2.35. The summed E-state index contributed by atoms with van der Waals surface area (Å²) in [4.78, 5) is 37.0. The van der Waals surface area contributed by atoms with Crippen molar-refractivity contribution in [2.24, 2.45) is 0 Å². The summed E-state index contributed by atoms with van der Waals surface area (Å²) in [5, 5.41) is 0. The lowest BCUT2D eigenvalue weighted by molar-refractivity contribution is -0.135. The van der Waals surface area contributed by atoms with Gasteiger partial charge in [-0.15, -0.1) is 0 Å². The van der Waals surface area contributed by atoms with Gasteiger partial charge in [0.25, 0.3) is 5.91 Å². The maximum Gasteiger partial charge on any atom is 0.261 e. The van der Waals surface area contributed by atoms with E-state index in [4.69, 9.17) is 0 Å². The van der Waals surface area contributed by atoms with Gasteiger partial charge < -0.3 is 0 Å². The van der Waals surface area contributed by atoms with Crippen LogP contribution in [0.5, 0.6) is 0 Å². The van der Waals surface area contributed by atoms with Gasteiger partial charge in [0.05, 0.1) is 12.5 Å². The Morgan fingerprint density at radius 2 is 2.00 bits per heavy atom. The molecular weight excluding hydrogens is 230 g/mol. The van der Waals surface area contributed by atoms with E-state index in [0.29, 0.717) is 12.0 Å². The van der Waals surface area contributed by atoms with Crippen LogP contribution in [0.15, 0.2) is 24.3 Å². The Balaban J connectivity index is 2.38. The zero-order chi connectivity index (χ0) is 13.3. The van der Waals surface area contributed by atoms with E-state index in [2.05, 4.69) is 0 Å². The number of imide groups is 1. The van der Waals surface area contributed by atoms with E-state index in [-0.39, 0.29) is 24.0 Å². The van der Waals surface area contributed by atoms with E-state index >= 15 is 0 Å². The summed E-state index contributed by atoms with van der Waals surface area (Å²) in [5.74, 6) is -0.764. The quantitative estimate of drug-likeness (QED) is 0.760. The number of ketones is 1. The zero-order valence-corrected chi connectivity index (χ0v) is 10.5. The number of hydrogen-bond acceptors (Lipinski definition) is 3. The molecule has 0 spiro atoms. The summed E-state index contributed by atoms with van der Waals surface area (Å²) >= 11 is 0. The van der Waals surface area contributed by atoms with Crippen molar-refractivity contribution < 1.29 is 14.4 Å². The second-order valence-corrected chi connectivity index (χ2v) is 4.40. The molecule has 0 saturated heterocycles. The van der Waals surface area contributed by atoms with Crippen molar-refractivity contribution >= 4 is 17.6 Å². The molecule has 4 nitrogen and oxygen atoms in total. The van der Waals surface area contributed by atoms with Crippen molar-refractivity contribution in [3.05, 3.63) is 35.4 Å². The number of rotatable bonds is 3. The first-order valence-corrected chi connectivity index (χ1v) is 6.03. The molecule has 1 aromatic rings. The molecule has 18 heavy (non-hydrogen) atoms. The number of Topliss-reactive ketones (excluding diaryl/α,β-unsaturated/α-hetero) is 1. The summed E-state index contributed by atoms with van der Waals surface area (Å²) in [6, 6.07) is 6.35. The van der Waals surface area contributed by atoms with Crippen LogP contribution in [0.4, 0.5) is 0 Å². The van der Waals surface area contributed by atoms with Gasteiger partial charge in [-0.25, -0.2) is 0 Å². The van der Waals surface area contributed by atoms with Crippen LogP contribution in [-0.4, -0.2) is 28.5 Å². The SMILES string of the molecule is CCC(=O)C(C)N1C(=O)Cc2ccccc2C1=O. The molecule has 4 heteroatoms. The molecule has 1 aliphatic rings. The summed E-state index contributed by atoms with van der Waals surface area (Å²) in [6.07, 6.45) is 0.503. The van der Waals surface area contributed by atoms with Gasteiger partial charge in [0.1, 0.15) is 0 Å². The van der Waals surface area contributed by atoms with E-state index in [9.17, 15) is 14.4 Å². The fraction of sp³-hybridized carbons (Fsp3) is 0.357. The van der Waals surface area contributed by atoms with Crippen LogP contribution in [0.25, 0.3) is 0 Å². The highest BCUT2D eigenvalue weighted by molar-refractivity contribution is 6.12. The van der Waals surface area contributed by atoms with Gasteiger partial charge >= 0.3 is 0 Å². The lowest BCUT2D eigenvalue weighted by atomic mass is 9.96. The van der Waals surface area contributed by atoms with Crippen molar-refractivity contribution in [2.75, 3.05) is 0 Å². The maximum atomic E-state index is 12.2. The fourth-order valence-electron chi connectivity index (χ4n) is 2.21. The molecule has 0 saturated carbocycles. The molecule has 0 aliphatic carbocycles. The summed E-state index contributed by atoms with van der Waals surface area (Å²) in [7, 11) is 0. The van der Waals surface area contributed by atoms with Crippen molar-refractivity contribution in [3.8, 4) is 0 Å². The molecule has 2 rings (SSSR count). The predicted molar refractivity (Wildman–Crippen MR) is 66.1 cm³/mol. The largest absolute Gasteiger partial charge is 0.297 e. The van der Waals surface area contributed by atoms with Crippen LogP contribution in [0.2, 0.25) is 0 Å². The highest BCUT2D eigenvalue weighted by Crippen LogP contribution is 2.21. The monoisotopic (exact) mass is 245 g/mol. The Morgan fingerprint density at radius 1 is 1.33 bits per heavy atom. The Morgan fingerprint density at radius 3 is 2.67 bits per heavy atom. The number of fused-ring (bicyclic) bond motifs is 1. The third-order valence-corrected chi connectivity index (χ3v) is 3.28. The maximum absolute atomic E-state index is 12.2. The molecule has 2 amide bonds. The average molecular weight is 245 g/mol. The molecule has 0 fully saturated rings. The van der Waals surface area contributed by atoms with Crippen LogP contribution >= 0.6 is 0 Å². The number of carbonyl (C=O) groups excluding carboxylic acids is 3. The van der Waals surface area contributed by atoms with E-state index in [1.807, 2.05) is 0 Å². The van der Waals surface area contributed by atoms with Crippen LogP contribution in [-0.2, 0) is 16.0 Å². The highest BCUT2D eigenvalue weighted by atomic mass is 16.2. The van der Waals surface area contributed by atoms with Gasteiger partial charge in [-0.1, -0.05) is 25.1 Å². The molecule has 1 aromatic carbocycles. The number of hydrogen-bond donors (Lipinski definition) is 0. The summed E-state index contributed by atoms with van der Waals surface area (Å²) in [6.45, 7) is 3.33. The van der Waals surface area contributed by atoms with E-state index in [1.165, 1.54) is 0 Å². The standard InChI is InChI=1S/C14H15NO3/c1-3-12(16)9(2)15-13(17)8-10-6-4-5-7-11(10)14(15)18/h4-7,9H,3,8H2,1-2H3. The first-order valence-electron chi connectivity index (χ1n) is 6.03. The van der Waals surface area contributed by atoms with E-state index < -0.39 is 6.04 Å². The second kappa shape index (κ2) is 4.72. The van der Waals surface area contributed by atoms with Gasteiger partial charge in [0.15, 0.2) is 5.78 Å². The predicted octanol–water partition coefficient (Wildman–Crippen LogP) is 1.58. The molecule has 0 N–H and O–H groups in total. The lowest BCUT2D eigenvalue weighted by Crippen LogP contribution is -2.50. The van der Waals surface area contributed by atoms with Crippen molar-refractivity contribution in [3.63, 3.8) is 0 Å². The lowest BCUT2D eigenvalue weighted by Gasteiger charge is -2.30. The molecule has 1 unspecified atom stereocenters. The smallest absolute Gasteiger partial charge is 0.261 e. The van der Waals surface area contributed by atoms with E-state index in [1.54, 1.807) is 38.1 Å². The number of carbonyl (C=O) groups is 3. The molecule has 94 valence electrons. The molecule has 0 bridgehead atoms. The van der Waals surface area contributed by atoms with Gasteiger partial charge in [-0.2, -0.15) is 0 Å². The number of benzene rings is 1. The third kappa shape index (κ3) is 1.94. The molecule has 0 radical (unpaired) electrons. The van der Waals surface area contributed by atoms with Crippen LogP contribution in [0, 0.1) is 0 Å². The zero-order valence-electron chi connectivity index (χ0n) is 10.5. The first-order chi connectivity index (χ1) is 8.56. The molecule has 1 aliphatic heterocycles. The van der Waals surface area contributed by atoms with Gasteiger partial charge in [0.2, 0.25) is 5.91 Å². The van der Waals surface area contributed by atoms with Crippen LogP contribution in [0.1, 0.15) is 36.2 Å². The second-order valence-electron chi connectivity index (χ2n) is 4.40. The minimum Gasteiger partial charge on any atom is -0.297 e. The first kappa shape index (κ1) is 12.5. The minimum absolute atomic E-state index is 0.101. The van der Waals surface area contributed by atoms with Gasteiger partial charge in [-0.05, 0) is 18.6 Å². The van der Waals surface area contributed by atoms with Gasteiger partial charge in [-0.3, -0.25) is 19.3 Å². The number of nitrogens with zero attached hydrogens (tertiary/aromatic N) is 1. The Hall–Kier alpha value is -1.97. The normalized spacial score (nSPS) is 16.4. The Bertz CT molecular complexity index is 522. The fourth-order valence-corrected chi connectivity index (χ4v) is 2.21. The van der Waals surface area contributed by atoms with Crippen molar-refractivity contribution in [1.82, 2.24) is 4.90 Å². The summed E-state index contributed by atoms with van der Waals surface area (Å²) in [5.41, 5.74) is 1.26. The molecule has 1 heterocycles. The van der Waals surface area contributed by atoms with Crippen LogP contribution in [0.3, 0.4) is 0 Å². The number of amides is 2. The third-order valence-electron chi connectivity index (χ3n) is 3.28. The molecular formula is C14H15NO3. The average Bonchev–Trinajstić information content (AvgIpc) is 2.37. The molecule has 0 aromatic heterocycles. The van der Waals surface area contributed by atoms with E-state index in [0.717, 1.165) is 10.5 Å². The van der Waals surface area contributed by atoms with Gasteiger partial charge in [0, 0.05) is 12.0 Å². The summed E-state index contributed by atoms with van der Waals surface area (Å²) < 4.78 is 0. The molecule has 1 atom stereocenters. The van der Waals surface area contributed by atoms with Crippen molar-refractivity contribution in [2.45, 2.75) is 32.7 Å². The Labute approximate surface area is 106 Å². The minimum atomic E-state index is -0.677. The topological polar surface area (TPSA) is 54.5 Å².